The molecular weight excluding hydrogens is 300 g/mol. The summed E-state index contributed by atoms with van der Waals surface area (Å²) in [4.78, 5) is 8.92. The summed E-state index contributed by atoms with van der Waals surface area (Å²) in [6.45, 7) is 11.1. The van der Waals surface area contributed by atoms with E-state index in [2.05, 4.69) is 33.4 Å². The van der Waals surface area contributed by atoms with E-state index >= 15 is 0 Å². The minimum absolute atomic E-state index is 0.221. The first-order chi connectivity index (χ1) is 10.5. The molecule has 1 N–H and O–H groups in total. The van der Waals surface area contributed by atoms with Gasteiger partial charge < -0.3 is 9.80 Å². The van der Waals surface area contributed by atoms with Crippen molar-refractivity contribution in [2.24, 2.45) is 5.92 Å². The van der Waals surface area contributed by atoms with Crippen molar-refractivity contribution in [3.8, 4) is 0 Å². The van der Waals surface area contributed by atoms with E-state index in [1.807, 2.05) is 0 Å². The SMILES string of the molecule is CCN1CCN(CC(C)CNS(=O)(=O)c2cccnc2)CC1. The second-order valence-electron chi connectivity index (χ2n) is 5.88. The fourth-order valence-corrected chi connectivity index (χ4v) is 3.76. The third kappa shape index (κ3) is 5.01. The van der Waals surface area contributed by atoms with Gasteiger partial charge in [0.25, 0.3) is 0 Å². The molecule has 0 spiro atoms. The van der Waals surface area contributed by atoms with E-state index < -0.39 is 10.0 Å². The summed E-state index contributed by atoms with van der Waals surface area (Å²) in [6.07, 6.45) is 2.94. The van der Waals surface area contributed by atoms with Crippen LogP contribution in [0.3, 0.4) is 0 Å². The number of pyridine rings is 1. The average Bonchev–Trinajstić information content (AvgIpc) is 2.55. The van der Waals surface area contributed by atoms with Crippen molar-refractivity contribution in [2.75, 3.05) is 45.8 Å². The number of likely N-dealkylation sites (N-methyl/N-ethyl adjacent to an activating group) is 1. The normalized spacial score (nSPS) is 19.2. The van der Waals surface area contributed by atoms with Crippen LogP contribution < -0.4 is 4.72 Å². The van der Waals surface area contributed by atoms with Gasteiger partial charge >= 0.3 is 0 Å². The monoisotopic (exact) mass is 326 g/mol. The zero-order chi connectivity index (χ0) is 16.0. The predicted molar refractivity (Wildman–Crippen MR) is 87.1 cm³/mol. The Balaban J connectivity index is 1.77. The predicted octanol–water partition coefficient (Wildman–Crippen LogP) is 0.634. The highest BCUT2D eigenvalue weighted by molar-refractivity contribution is 7.89. The highest BCUT2D eigenvalue weighted by Gasteiger charge is 2.19. The Hall–Kier alpha value is -1.02. The summed E-state index contributed by atoms with van der Waals surface area (Å²) in [5.74, 6) is 0.277. The van der Waals surface area contributed by atoms with Gasteiger partial charge in [-0.15, -0.1) is 0 Å². The van der Waals surface area contributed by atoms with Gasteiger partial charge in [-0.05, 0) is 24.6 Å². The van der Waals surface area contributed by atoms with Crippen LogP contribution in [-0.2, 0) is 10.0 Å². The van der Waals surface area contributed by atoms with Gasteiger partial charge in [0.2, 0.25) is 10.0 Å². The van der Waals surface area contributed by atoms with E-state index in [1.165, 1.54) is 6.20 Å². The Labute approximate surface area is 133 Å². The number of rotatable bonds is 7. The molecule has 1 fully saturated rings. The van der Waals surface area contributed by atoms with Gasteiger partial charge in [0.15, 0.2) is 0 Å². The number of hydrogen-bond acceptors (Lipinski definition) is 5. The van der Waals surface area contributed by atoms with E-state index in [-0.39, 0.29) is 10.8 Å². The smallest absolute Gasteiger partial charge is 0.242 e. The molecule has 1 aromatic rings. The summed E-state index contributed by atoms with van der Waals surface area (Å²) >= 11 is 0. The summed E-state index contributed by atoms with van der Waals surface area (Å²) in [5.41, 5.74) is 0. The molecule has 1 saturated heterocycles. The molecule has 0 bridgehead atoms. The molecule has 7 heteroatoms. The zero-order valence-electron chi connectivity index (χ0n) is 13.4. The van der Waals surface area contributed by atoms with Crippen LogP contribution in [0.2, 0.25) is 0 Å². The number of piperazine rings is 1. The van der Waals surface area contributed by atoms with Crippen LogP contribution in [0.4, 0.5) is 0 Å². The van der Waals surface area contributed by atoms with E-state index in [1.54, 1.807) is 18.3 Å². The highest BCUT2D eigenvalue weighted by Crippen LogP contribution is 2.08. The lowest BCUT2D eigenvalue weighted by atomic mass is 10.1. The topological polar surface area (TPSA) is 65.5 Å². The van der Waals surface area contributed by atoms with Crippen molar-refractivity contribution in [2.45, 2.75) is 18.7 Å². The Morgan fingerprint density at radius 1 is 1.27 bits per heavy atom. The first-order valence-electron chi connectivity index (χ1n) is 7.85. The summed E-state index contributed by atoms with van der Waals surface area (Å²) in [5, 5.41) is 0. The van der Waals surface area contributed by atoms with E-state index in [4.69, 9.17) is 0 Å². The number of aromatic nitrogens is 1. The first-order valence-corrected chi connectivity index (χ1v) is 9.34. The quantitative estimate of drug-likeness (QED) is 0.796. The number of hydrogen-bond donors (Lipinski definition) is 1. The van der Waals surface area contributed by atoms with Gasteiger partial charge in [0, 0.05) is 51.7 Å². The van der Waals surface area contributed by atoms with Crippen molar-refractivity contribution in [1.82, 2.24) is 19.5 Å². The van der Waals surface area contributed by atoms with Crippen LogP contribution >= 0.6 is 0 Å². The zero-order valence-corrected chi connectivity index (χ0v) is 14.2. The van der Waals surface area contributed by atoms with Gasteiger partial charge in [0.05, 0.1) is 0 Å². The summed E-state index contributed by atoms with van der Waals surface area (Å²) < 4.78 is 27.0. The third-order valence-electron chi connectivity index (χ3n) is 4.05. The van der Waals surface area contributed by atoms with Crippen molar-refractivity contribution in [3.05, 3.63) is 24.5 Å². The third-order valence-corrected chi connectivity index (χ3v) is 5.46. The largest absolute Gasteiger partial charge is 0.301 e. The molecule has 1 atom stereocenters. The van der Waals surface area contributed by atoms with Crippen molar-refractivity contribution >= 4 is 10.0 Å². The lowest BCUT2D eigenvalue weighted by molar-refractivity contribution is 0.125. The fourth-order valence-electron chi connectivity index (χ4n) is 2.63. The molecule has 1 aliphatic heterocycles. The molecule has 2 rings (SSSR count). The first kappa shape index (κ1) is 17.3. The Morgan fingerprint density at radius 2 is 1.95 bits per heavy atom. The Kier molecular flexibility index (Phi) is 6.31. The molecule has 0 saturated carbocycles. The fraction of sp³-hybridized carbons (Fsp3) is 0.667. The van der Waals surface area contributed by atoms with E-state index in [0.717, 1.165) is 39.3 Å². The van der Waals surface area contributed by atoms with Crippen molar-refractivity contribution in [3.63, 3.8) is 0 Å². The van der Waals surface area contributed by atoms with Gasteiger partial charge in [-0.2, -0.15) is 0 Å². The van der Waals surface area contributed by atoms with Crippen LogP contribution in [0.25, 0.3) is 0 Å². The lowest BCUT2D eigenvalue weighted by Crippen LogP contribution is -2.48. The second kappa shape index (κ2) is 8.01. The van der Waals surface area contributed by atoms with Crippen LogP contribution in [0.5, 0.6) is 0 Å². The maximum absolute atomic E-state index is 12.1. The molecule has 22 heavy (non-hydrogen) atoms. The van der Waals surface area contributed by atoms with Crippen LogP contribution in [0.15, 0.2) is 29.4 Å². The maximum Gasteiger partial charge on any atom is 0.242 e. The highest BCUT2D eigenvalue weighted by atomic mass is 32.2. The average molecular weight is 326 g/mol. The summed E-state index contributed by atoms with van der Waals surface area (Å²) in [6, 6.07) is 3.19. The van der Waals surface area contributed by atoms with Crippen LogP contribution in [-0.4, -0.2) is 69.0 Å². The number of nitrogens with one attached hydrogen (secondary N) is 1. The molecule has 124 valence electrons. The van der Waals surface area contributed by atoms with Crippen molar-refractivity contribution < 1.29 is 8.42 Å². The summed E-state index contributed by atoms with van der Waals surface area (Å²) in [7, 11) is -3.45. The maximum atomic E-state index is 12.1. The Bertz CT molecular complexity index is 542. The molecule has 6 nitrogen and oxygen atoms in total. The van der Waals surface area contributed by atoms with E-state index in [0.29, 0.717) is 6.54 Å². The second-order valence-corrected chi connectivity index (χ2v) is 7.65. The van der Waals surface area contributed by atoms with Gasteiger partial charge in [-0.1, -0.05) is 13.8 Å². The molecule has 0 radical (unpaired) electrons. The van der Waals surface area contributed by atoms with Gasteiger partial charge in [-0.25, -0.2) is 13.1 Å². The number of nitrogens with zero attached hydrogens (tertiary/aromatic N) is 3. The van der Waals surface area contributed by atoms with Gasteiger partial charge in [-0.3, -0.25) is 4.98 Å². The molecular formula is C15H26N4O2S. The van der Waals surface area contributed by atoms with Crippen LogP contribution in [0, 0.1) is 5.92 Å². The molecule has 0 amide bonds. The number of sulfonamides is 1. The standard InChI is InChI=1S/C15H26N4O2S/c1-3-18-7-9-19(10-8-18)13-14(2)11-17-22(20,21)15-5-4-6-16-12-15/h4-6,12,14,17H,3,7-11,13H2,1-2H3. The minimum atomic E-state index is -3.45. The molecule has 1 aliphatic rings. The van der Waals surface area contributed by atoms with Crippen molar-refractivity contribution in [1.29, 1.82) is 0 Å². The molecule has 0 aromatic carbocycles. The molecule has 0 aliphatic carbocycles. The molecule has 2 heterocycles. The molecule has 1 unspecified atom stereocenters. The Morgan fingerprint density at radius 3 is 2.55 bits per heavy atom. The lowest BCUT2D eigenvalue weighted by Gasteiger charge is -2.35. The van der Waals surface area contributed by atoms with Crippen LogP contribution in [0.1, 0.15) is 13.8 Å². The minimum Gasteiger partial charge on any atom is -0.301 e. The van der Waals surface area contributed by atoms with Gasteiger partial charge in [0.1, 0.15) is 4.90 Å². The molecule has 1 aromatic heterocycles. The van der Waals surface area contributed by atoms with E-state index in [9.17, 15) is 8.42 Å².